The molecule has 0 radical (unpaired) electrons. The Morgan fingerprint density at radius 1 is 1.00 bits per heavy atom. The molecule has 4 nitrogen and oxygen atoms in total. The lowest BCUT2D eigenvalue weighted by Gasteiger charge is -2.28. The summed E-state index contributed by atoms with van der Waals surface area (Å²) in [5.74, 6) is -0.347. The van der Waals surface area contributed by atoms with Crippen LogP contribution in [0.15, 0.2) is 72.1 Å². The molecule has 0 bridgehead atoms. The van der Waals surface area contributed by atoms with Crippen molar-refractivity contribution in [2.75, 3.05) is 0 Å². The summed E-state index contributed by atoms with van der Waals surface area (Å²) in [4.78, 5) is 26.4. The first-order valence-corrected chi connectivity index (χ1v) is 10.8. The van der Waals surface area contributed by atoms with Crippen LogP contribution in [0.4, 0.5) is 0 Å². The molecule has 5 heteroatoms. The van der Waals surface area contributed by atoms with E-state index in [0.717, 1.165) is 24.8 Å². The second kappa shape index (κ2) is 9.05. The zero-order valence-corrected chi connectivity index (χ0v) is 17.0. The van der Waals surface area contributed by atoms with Crippen LogP contribution < -0.4 is 10.6 Å². The van der Waals surface area contributed by atoms with Crippen molar-refractivity contribution in [2.24, 2.45) is 0 Å². The molecular formula is C24H24N2O2S. The van der Waals surface area contributed by atoms with Gasteiger partial charge in [-0.3, -0.25) is 9.59 Å². The first kappa shape index (κ1) is 19.4. The molecule has 1 aliphatic carbocycles. The van der Waals surface area contributed by atoms with E-state index in [2.05, 4.69) is 22.8 Å². The summed E-state index contributed by atoms with van der Waals surface area (Å²) in [5, 5.41) is 8.00. The Balaban J connectivity index is 1.52. The summed E-state index contributed by atoms with van der Waals surface area (Å²) in [5.41, 5.74) is 3.50. The van der Waals surface area contributed by atoms with Crippen LogP contribution in [-0.4, -0.2) is 17.9 Å². The summed E-state index contributed by atoms with van der Waals surface area (Å²) in [6, 6.07) is 21.1. The Bertz CT molecular complexity index is 970. The van der Waals surface area contributed by atoms with Crippen molar-refractivity contribution in [3.63, 3.8) is 0 Å². The van der Waals surface area contributed by atoms with E-state index >= 15 is 0 Å². The number of carbonyl (C=O) groups excluding carboxylic acids is 2. The molecule has 2 amide bonds. The first-order valence-electron chi connectivity index (χ1n) is 9.97. The van der Waals surface area contributed by atoms with Gasteiger partial charge in [0.25, 0.3) is 5.91 Å². The highest BCUT2D eigenvalue weighted by molar-refractivity contribution is 7.12. The number of aryl methyl sites for hydroxylation is 1. The average Bonchev–Trinajstić information content (AvgIpc) is 3.29. The van der Waals surface area contributed by atoms with E-state index in [-0.39, 0.29) is 17.9 Å². The number of rotatable bonds is 6. The van der Waals surface area contributed by atoms with Crippen LogP contribution in [-0.2, 0) is 17.6 Å². The molecule has 2 N–H and O–H groups in total. The monoisotopic (exact) mass is 404 g/mol. The maximum Gasteiger partial charge on any atom is 0.262 e. The smallest absolute Gasteiger partial charge is 0.262 e. The van der Waals surface area contributed by atoms with Gasteiger partial charge in [-0.25, -0.2) is 0 Å². The molecule has 29 heavy (non-hydrogen) atoms. The van der Waals surface area contributed by atoms with E-state index in [1.165, 1.54) is 22.5 Å². The topological polar surface area (TPSA) is 58.2 Å². The number of thiophene rings is 1. The van der Waals surface area contributed by atoms with Crippen LogP contribution in [0.2, 0.25) is 0 Å². The third-order valence-electron chi connectivity index (χ3n) is 5.34. The molecule has 0 unspecified atom stereocenters. The molecule has 1 heterocycles. The van der Waals surface area contributed by atoms with Crippen molar-refractivity contribution in [1.29, 1.82) is 0 Å². The molecule has 0 saturated carbocycles. The van der Waals surface area contributed by atoms with Gasteiger partial charge < -0.3 is 10.6 Å². The third kappa shape index (κ3) is 4.74. The van der Waals surface area contributed by atoms with Crippen LogP contribution in [0.3, 0.4) is 0 Å². The van der Waals surface area contributed by atoms with Gasteiger partial charge >= 0.3 is 0 Å². The average molecular weight is 405 g/mol. The molecule has 3 aromatic rings. The van der Waals surface area contributed by atoms with Gasteiger partial charge in [-0.2, -0.15) is 0 Å². The van der Waals surface area contributed by atoms with Crippen molar-refractivity contribution in [3.05, 3.63) is 93.7 Å². The number of benzene rings is 2. The minimum absolute atomic E-state index is 0.00985. The Hall–Kier alpha value is -2.92. The lowest BCUT2D eigenvalue weighted by Crippen LogP contribution is -2.49. The maximum atomic E-state index is 13.2. The van der Waals surface area contributed by atoms with Gasteiger partial charge in [0.05, 0.1) is 10.9 Å². The minimum Gasteiger partial charge on any atom is -0.347 e. The number of hydrogen-bond donors (Lipinski definition) is 2. The van der Waals surface area contributed by atoms with E-state index in [0.29, 0.717) is 11.3 Å². The summed E-state index contributed by atoms with van der Waals surface area (Å²) in [7, 11) is 0. The van der Waals surface area contributed by atoms with E-state index < -0.39 is 6.04 Å². The summed E-state index contributed by atoms with van der Waals surface area (Å²) >= 11 is 1.37. The SMILES string of the molecule is O=C(N[C@@H](Cc1ccccc1)C(=O)N[C@H]1CCCc2ccccc21)c1cccs1. The van der Waals surface area contributed by atoms with Gasteiger partial charge in [-0.15, -0.1) is 11.3 Å². The zero-order chi connectivity index (χ0) is 20.1. The maximum absolute atomic E-state index is 13.2. The van der Waals surface area contributed by atoms with E-state index in [1.807, 2.05) is 53.9 Å². The van der Waals surface area contributed by atoms with Crippen molar-refractivity contribution in [3.8, 4) is 0 Å². The van der Waals surface area contributed by atoms with Crippen LogP contribution in [0.5, 0.6) is 0 Å². The predicted octanol–water partition coefficient (Wildman–Crippen LogP) is 4.28. The molecule has 1 aromatic heterocycles. The molecule has 0 spiro atoms. The molecule has 1 aliphatic rings. The molecule has 2 aromatic carbocycles. The first-order chi connectivity index (χ1) is 14.2. The van der Waals surface area contributed by atoms with Crippen molar-refractivity contribution < 1.29 is 9.59 Å². The number of carbonyl (C=O) groups is 2. The summed E-state index contributed by atoms with van der Waals surface area (Å²) in [6.45, 7) is 0. The van der Waals surface area contributed by atoms with Gasteiger partial charge in [0.1, 0.15) is 6.04 Å². The Morgan fingerprint density at radius 2 is 1.79 bits per heavy atom. The van der Waals surface area contributed by atoms with Gasteiger partial charge in [-0.1, -0.05) is 60.7 Å². The normalized spacial score (nSPS) is 16.5. The Labute approximate surface area is 175 Å². The zero-order valence-electron chi connectivity index (χ0n) is 16.1. The van der Waals surface area contributed by atoms with Crippen molar-refractivity contribution in [2.45, 2.75) is 37.8 Å². The lowest BCUT2D eigenvalue weighted by atomic mass is 9.87. The Kier molecular flexibility index (Phi) is 6.06. The molecule has 2 atom stereocenters. The van der Waals surface area contributed by atoms with Crippen molar-refractivity contribution >= 4 is 23.2 Å². The second-order valence-electron chi connectivity index (χ2n) is 7.35. The van der Waals surface area contributed by atoms with Crippen LogP contribution in [0.1, 0.15) is 45.2 Å². The molecule has 0 fully saturated rings. The van der Waals surface area contributed by atoms with E-state index in [4.69, 9.17) is 0 Å². The predicted molar refractivity (Wildman–Crippen MR) is 116 cm³/mol. The van der Waals surface area contributed by atoms with Gasteiger partial charge in [0.2, 0.25) is 5.91 Å². The number of fused-ring (bicyclic) bond motifs is 1. The standard InChI is InChI=1S/C24H24N2O2S/c27-23(25-20-13-6-11-18-10-4-5-12-19(18)20)21(16-17-8-2-1-3-9-17)26-24(28)22-14-7-15-29-22/h1-5,7-10,12,14-15,20-21H,6,11,13,16H2,(H,25,27)(H,26,28)/t20-,21-/m0/s1. The number of hydrogen-bond acceptors (Lipinski definition) is 3. The minimum atomic E-state index is -0.624. The molecule has 148 valence electrons. The number of nitrogens with one attached hydrogen (secondary N) is 2. The molecule has 4 rings (SSSR count). The fourth-order valence-electron chi connectivity index (χ4n) is 3.87. The largest absolute Gasteiger partial charge is 0.347 e. The second-order valence-corrected chi connectivity index (χ2v) is 8.29. The van der Waals surface area contributed by atoms with Crippen LogP contribution in [0.25, 0.3) is 0 Å². The van der Waals surface area contributed by atoms with Gasteiger partial charge in [-0.05, 0) is 47.4 Å². The molecule has 0 saturated heterocycles. The summed E-state index contributed by atoms with van der Waals surface area (Å²) in [6.07, 6.45) is 3.47. The van der Waals surface area contributed by atoms with Crippen LogP contribution in [0, 0.1) is 0 Å². The number of amides is 2. The quantitative estimate of drug-likeness (QED) is 0.644. The van der Waals surface area contributed by atoms with Gasteiger partial charge in [0.15, 0.2) is 0 Å². The fraction of sp³-hybridized carbons (Fsp3) is 0.250. The Morgan fingerprint density at radius 3 is 2.59 bits per heavy atom. The molecular weight excluding hydrogens is 380 g/mol. The van der Waals surface area contributed by atoms with Crippen molar-refractivity contribution in [1.82, 2.24) is 10.6 Å². The highest BCUT2D eigenvalue weighted by Gasteiger charge is 2.27. The lowest BCUT2D eigenvalue weighted by molar-refractivity contribution is -0.123. The highest BCUT2D eigenvalue weighted by Crippen LogP contribution is 2.29. The van der Waals surface area contributed by atoms with E-state index in [9.17, 15) is 9.59 Å². The summed E-state index contributed by atoms with van der Waals surface area (Å²) < 4.78 is 0. The van der Waals surface area contributed by atoms with E-state index in [1.54, 1.807) is 6.07 Å². The highest BCUT2D eigenvalue weighted by atomic mass is 32.1. The van der Waals surface area contributed by atoms with Gasteiger partial charge in [0, 0.05) is 6.42 Å². The van der Waals surface area contributed by atoms with Crippen LogP contribution >= 0.6 is 11.3 Å². The molecule has 0 aliphatic heterocycles. The third-order valence-corrected chi connectivity index (χ3v) is 6.20. The fourth-order valence-corrected chi connectivity index (χ4v) is 4.50.